The SMILES string of the molecule is NCC1=C/C=C/[C@]2(CCCC=C1)CNC[C@H]2C(=O)N1CCC(c2ccccc2)CC1. The average Bonchev–Trinajstić information content (AvgIpc) is 3.21. The van der Waals surface area contributed by atoms with E-state index in [0.717, 1.165) is 63.9 Å². The Balaban J connectivity index is 1.45. The van der Waals surface area contributed by atoms with Crippen LogP contribution in [0.2, 0.25) is 0 Å². The van der Waals surface area contributed by atoms with E-state index < -0.39 is 0 Å². The molecule has 0 bridgehead atoms. The zero-order chi connectivity index (χ0) is 20.8. The second-order valence-corrected chi connectivity index (χ2v) is 9.03. The quantitative estimate of drug-likeness (QED) is 0.805. The number of piperidine rings is 1. The number of carbonyl (C=O) groups excluding carboxylic acids is 1. The number of hydrogen-bond acceptors (Lipinski definition) is 3. The molecule has 2 saturated heterocycles. The van der Waals surface area contributed by atoms with Gasteiger partial charge in [-0.2, -0.15) is 0 Å². The van der Waals surface area contributed by atoms with Crippen LogP contribution in [0, 0.1) is 11.3 Å². The molecule has 0 unspecified atom stereocenters. The molecule has 0 saturated carbocycles. The fourth-order valence-electron chi connectivity index (χ4n) is 5.35. The molecule has 2 fully saturated rings. The number of nitrogens with one attached hydrogen (secondary N) is 1. The van der Waals surface area contributed by atoms with E-state index in [1.54, 1.807) is 0 Å². The van der Waals surface area contributed by atoms with Gasteiger partial charge in [0.2, 0.25) is 5.91 Å². The molecule has 4 nitrogen and oxygen atoms in total. The lowest BCUT2D eigenvalue weighted by Gasteiger charge is -2.38. The highest BCUT2D eigenvalue weighted by molar-refractivity contribution is 5.81. The third-order valence-electron chi connectivity index (χ3n) is 7.19. The molecule has 1 spiro atoms. The van der Waals surface area contributed by atoms with Gasteiger partial charge < -0.3 is 16.0 Å². The summed E-state index contributed by atoms with van der Waals surface area (Å²) < 4.78 is 0. The predicted molar refractivity (Wildman–Crippen MR) is 123 cm³/mol. The maximum atomic E-state index is 13.6. The van der Waals surface area contributed by atoms with E-state index in [2.05, 4.69) is 70.9 Å². The van der Waals surface area contributed by atoms with E-state index >= 15 is 0 Å². The van der Waals surface area contributed by atoms with Crippen LogP contribution in [0.15, 0.2) is 66.3 Å². The number of rotatable bonds is 3. The molecule has 0 radical (unpaired) electrons. The molecule has 3 N–H and O–H groups in total. The van der Waals surface area contributed by atoms with Gasteiger partial charge in [0, 0.05) is 38.1 Å². The summed E-state index contributed by atoms with van der Waals surface area (Å²) in [6, 6.07) is 10.8. The Morgan fingerprint density at radius 3 is 2.77 bits per heavy atom. The summed E-state index contributed by atoms with van der Waals surface area (Å²) >= 11 is 0. The Labute approximate surface area is 180 Å². The molecule has 1 aromatic rings. The summed E-state index contributed by atoms with van der Waals surface area (Å²) in [5.74, 6) is 0.943. The number of hydrogen-bond donors (Lipinski definition) is 2. The highest BCUT2D eigenvalue weighted by atomic mass is 16.2. The van der Waals surface area contributed by atoms with Crippen LogP contribution in [0.3, 0.4) is 0 Å². The van der Waals surface area contributed by atoms with Crippen LogP contribution in [0.25, 0.3) is 0 Å². The maximum Gasteiger partial charge on any atom is 0.227 e. The van der Waals surface area contributed by atoms with Crippen LogP contribution < -0.4 is 11.1 Å². The van der Waals surface area contributed by atoms with E-state index in [0.29, 0.717) is 18.4 Å². The number of nitrogens with two attached hydrogens (primary N) is 1. The minimum atomic E-state index is -0.0885. The summed E-state index contributed by atoms with van der Waals surface area (Å²) in [6.45, 7) is 3.95. The second kappa shape index (κ2) is 9.76. The van der Waals surface area contributed by atoms with Gasteiger partial charge in [0.25, 0.3) is 0 Å². The van der Waals surface area contributed by atoms with E-state index in [1.165, 1.54) is 5.56 Å². The van der Waals surface area contributed by atoms with Crippen LogP contribution in [0.1, 0.15) is 43.6 Å². The van der Waals surface area contributed by atoms with Crippen molar-refractivity contribution in [2.45, 2.75) is 38.0 Å². The fraction of sp³-hybridized carbons (Fsp3) is 0.500. The lowest BCUT2D eigenvalue weighted by Crippen LogP contribution is -2.46. The number of nitrogens with zero attached hydrogens (tertiary/aromatic N) is 1. The fourth-order valence-corrected chi connectivity index (χ4v) is 5.35. The van der Waals surface area contributed by atoms with E-state index in [9.17, 15) is 4.79 Å². The first kappa shape index (κ1) is 21.1. The Morgan fingerprint density at radius 1 is 1.20 bits per heavy atom. The first-order chi connectivity index (χ1) is 14.7. The van der Waals surface area contributed by atoms with Crippen molar-refractivity contribution in [2.75, 3.05) is 32.7 Å². The molecule has 160 valence electrons. The van der Waals surface area contributed by atoms with Gasteiger partial charge in [0.1, 0.15) is 0 Å². The highest BCUT2D eigenvalue weighted by Crippen LogP contribution is 2.41. The molecule has 3 aliphatic rings. The zero-order valence-electron chi connectivity index (χ0n) is 17.9. The molecule has 1 aromatic carbocycles. The number of benzene rings is 1. The smallest absolute Gasteiger partial charge is 0.227 e. The third-order valence-corrected chi connectivity index (χ3v) is 7.19. The molecular weight excluding hydrogens is 370 g/mol. The molecule has 1 amide bonds. The monoisotopic (exact) mass is 405 g/mol. The number of amides is 1. The van der Waals surface area contributed by atoms with Crippen molar-refractivity contribution in [2.24, 2.45) is 17.1 Å². The van der Waals surface area contributed by atoms with Gasteiger partial charge in [0.15, 0.2) is 0 Å². The van der Waals surface area contributed by atoms with Gasteiger partial charge in [-0.05, 0) is 49.2 Å². The normalized spacial score (nSPS) is 29.0. The van der Waals surface area contributed by atoms with E-state index in [-0.39, 0.29) is 11.3 Å². The first-order valence-corrected chi connectivity index (χ1v) is 11.5. The second-order valence-electron chi connectivity index (χ2n) is 9.03. The van der Waals surface area contributed by atoms with E-state index in [1.807, 2.05) is 0 Å². The van der Waals surface area contributed by atoms with Crippen molar-refractivity contribution >= 4 is 5.91 Å². The number of allylic oxidation sites excluding steroid dienone is 3. The Morgan fingerprint density at radius 2 is 2.00 bits per heavy atom. The van der Waals surface area contributed by atoms with Gasteiger partial charge in [-0.1, -0.05) is 60.7 Å². The van der Waals surface area contributed by atoms with Gasteiger partial charge in [-0.25, -0.2) is 0 Å². The molecule has 0 aromatic heterocycles. The summed E-state index contributed by atoms with van der Waals surface area (Å²) in [5.41, 5.74) is 8.32. The van der Waals surface area contributed by atoms with Crippen LogP contribution >= 0.6 is 0 Å². The Kier molecular flexibility index (Phi) is 6.86. The van der Waals surface area contributed by atoms with Gasteiger partial charge in [0.05, 0.1) is 5.92 Å². The molecule has 4 heteroatoms. The summed E-state index contributed by atoms with van der Waals surface area (Å²) in [7, 11) is 0. The molecule has 4 rings (SSSR count). The summed E-state index contributed by atoms with van der Waals surface area (Å²) in [5, 5.41) is 3.53. The molecule has 30 heavy (non-hydrogen) atoms. The van der Waals surface area contributed by atoms with Gasteiger partial charge >= 0.3 is 0 Å². The van der Waals surface area contributed by atoms with Crippen LogP contribution in [-0.2, 0) is 4.79 Å². The standard InChI is InChI=1S/C26H35N3O/c27-18-21-8-3-2-6-14-26(15-7-9-21)20-28-19-24(26)25(30)29-16-12-23(13-17-29)22-10-4-1-5-11-22/h1,3-5,7-11,15,23-24,28H,2,6,12-14,16-20,27H2/b8-3?,15-7+,21-9?/t24-,26+/m0/s1. The number of carbonyl (C=O) groups is 1. The lowest BCUT2D eigenvalue weighted by atomic mass is 9.72. The Bertz CT molecular complexity index is 805. The van der Waals surface area contributed by atoms with Gasteiger partial charge in [-0.3, -0.25) is 4.79 Å². The zero-order valence-corrected chi connectivity index (χ0v) is 17.9. The van der Waals surface area contributed by atoms with Crippen molar-refractivity contribution in [3.8, 4) is 0 Å². The van der Waals surface area contributed by atoms with Crippen molar-refractivity contribution in [1.29, 1.82) is 0 Å². The third kappa shape index (κ3) is 4.60. The highest BCUT2D eigenvalue weighted by Gasteiger charge is 2.46. The van der Waals surface area contributed by atoms with Crippen LogP contribution in [0.4, 0.5) is 0 Å². The summed E-state index contributed by atoms with van der Waals surface area (Å²) in [6.07, 6.45) is 16.2. The van der Waals surface area contributed by atoms with Crippen LogP contribution in [0.5, 0.6) is 0 Å². The maximum absolute atomic E-state index is 13.6. The predicted octanol–water partition coefficient (Wildman–Crippen LogP) is 3.78. The molecular formula is C26H35N3O. The lowest BCUT2D eigenvalue weighted by molar-refractivity contribution is -0.138. The molecule has 1 aliphatic carbocycles. The van der Waals surface area contributed by atoms with Crippen molar-refractivity contribution in [3.05, 3.63) is 71.8 Å². The van der Waals surface area contributed by atoms with Crippen molar-refractivity contribution < 1.29 is 4.79 Å². The molecule has 2 atom stereocenters. The van der Waals surface area contributed by atoms with Gasteiger partial charge in [-0.15, -0.1) is 0 Å². The topological polar surface area (TPSA) is 58.4 Å². The van der Waals surface area contributed by atoms with Crippen LogP contribution in [-0.4, -0.2) is 43.5 Å². The Hall–Kier alpha value is -2.17. The largest absolute Gasteiger partial charge is 0.342 e. The minimum Gasteiger partial charge on any atom is -0.342 e. The first-order valence-electron chi connectivity index (χ1n) is 11.5. The van der Waals surface area contributed by atoms with Crippen molar-refractivity contribution in [3.63, 3.8) is 0 Å². The average molecular weight is 406 g/mol. The number of likely N-dealkylation sites (tertiary alicyclic amines) is 1. The van der Waals surface area contributed by atoms with Crippen molar-refractivity contribution in [1.82, 2.24) is 10.2 Å². The van der Waals surface area contributed by atoms with E-state index in [4.69, 9.17) is 5.73 Å². The molecule has 2 heterocycles. The summed E-state index contributed by atoms with van der Waals surface area (Å²) in [4.78, 5) is 15.7. The molecule has 2 aliphatic heterocycles. The minimum absolute atomic E-state index is 0.0279.